The summed E-state index contributed by atoms with van der Waals surface area (Å²) in [5, 5.41) is 12.1. The molecule has 0 bridgehead atoms. The van der Waals surface area contributed by atoms with Gasteiger partial charge in [0.15, 0.2) is 0 Å². The monoisotopic (exact) mass is 290 g/mol. The fraction of sp³-hybridized carbons (Fsp3) is 0.500. The van der Waals surface area contributed by atoms with E-state index in [-0.39, 0.29) is 5.91 Å². The van der Waals surface area contributed by atoms with Gasteiger partial charge < -0.3 is 16.2 Å². The molecule has 1 fully saturated rings. The van der Waals surface area contributed by atoms with Crippen LogP contribution < -0.4 is 11.1 Å². The Morgan fingerprint density at radius 2 is 1.95 bits per heavy atom. The highest BCUT2D eigenvalue weighted by atomic mass is 16.4. The summed E-state index contributed by atoms with van der Waals surface area (Å²) in [7, 11) is 0. The number of hydrogen-bond donors (Lipinski definition) is 3. The van der Waals surface area contributed by atoms with E-state index < -0.39 is 11.4 Å². The highest BCUT2D eigenvalue weighted by Crippen LogP contribution is 2.48. The van der Waals surface area contributed by atoms with Crippen molar-refractivity contribution in [2.75, 3.05) is 11.9 Å². The van der Waals surface area contributed by atoms with E-state index in [0.717, 1.165) is 12.0 Å². The number of aliphatic carboxylic acids is 1. The Morgan fingerprint density at radius 1 is 1.33 bits per heavy atom. The predicted octanol–water partition coefficient (Wildman–Crippen LogP) is 2.12. The smallest absolute Gasteiger partial charge is 0.314 e. The standard InChI is InChI=1S/C16H22N2O3/c1-11(10-17)2-7-14(19)18-13-5-3-12(4-6-13)16(8-9-16)15(20)21/h3-6,11H,2,7-10,17H2,1H3,(H,18,19)(H,20,21). The molecule has 114 valence electrons. The summed E-state index contributed by atoms with van der Waals surface area (Å²) in [4.78, 5) is 23.0. The maximum absolute atomic E-state index is 11.8. The summed E-state index contributed by atoms with van der Waals surface area (Å²) in [6.07, 6.45) is 2.58. The number of amides is 1. The van der Waals surface area contributed by atoms with Crippen LogP contribution in [0.1, 0.15) is 38.2 Å². The first-order valence-corrected chi connectivity index (χ1v) is 7.32. The maximum Gasteiger partial charge on any atom is 0.314 e. The summed E-state index contributed by atoms with van der Waals surface area (Å²) in [5.41, 5.74) is 6.33. The quantitative estimate of drug-likeness (QED) is 0.717. The summed E-state index contributed by atoms with van der Waals surface area (Å²) in [6, 6.07) is 7.11. The fourth-order valence-corrected chi connectivity index (χ4v) is 2.34. The van der Waals surface area contributed by atoms with Crippen molar-refractivity contribution in [2.45, 2.75) is 38.0 Å². The molecule has 1 atom stereocenters. The average Bonchev–Trinajstić information content (AvgIpc) is 3.27. The lowest BCUT2D eigenvalue weighted by atomic mass is 9.96. The Morgan fingerprint density at radius 3 is 2.43 bits per heavy atom. The van der Waals surface area contributed by atoms with Crippen LogP contribution in [-0.4, -0.2) is 23.5 Å². The van der Waals surface area contributed by atoms with Crippen molar-refractivity contribution in [1.82, 2.24) is 0 Å². The average molecular weight is 290 g/mol. The number of hydrogen-bond acceptors (Lipinski definition) is 3. The van der Waals surface area contributed by atoms with Gasteiger partial charge in [-0.3, -0.25) is 9.59 Å². The Labute approximate surface area is 124 Å². The predicted molar refractivity (Wildman–Crippen MR) is 81.1 cm³/mol. The Balaban J connectivity index is 1.91. The number of carboxylic acids is 1. The van der Waals surface area contributed by atoms with E-state index in [9.17, 15) is 14.7 Å². The number of carbonyl (C=O) groups is 2. The highest BCUT2D eigenvalue weighted by Gasteiger charge is 2.51. The molecule has 1 unspecified atom stereocenters. The van der Waals surface area contributed by atoms with Gasteiger partial charge in [-0.15, -0.1) is 0 Å². The molecule has 21 heavy (non-hydrogen) atoms. The van der Waals surface area contributed by atoms with E-state index in [1.54, 1.807) is 24.3 Å². The van der Waals surface area contributed by atoms with E-state index in [1.165, 1.54) is 0 Å². The van der Waals surface area contributed by atoms with Gasteiger partial charge in [-0.1, -0.05) is 19.1 Å². The highest BCUT2D eigenvalue weighted by molar-refractivity contribution is 5.91. The van der Waals surface area contributed by atoms with Crippen LogP contribution in [0.2, 0.25) is 0 Å². The number of rotatable bonds is 7. The van der Waals surface area contributed by atoms with Gasteiger partial charge in [-0.25, -0.2) is 0 Å². The molecule has 1 amide bonds. The topological polar surface area (TPSA) is 92.4 Å². The van der Waals surface area contributed by atoms with Crippen LogP contribution in [0.5, 0.6) is 0 Å². The van der Waals surface area contributed by atoms with Crippen molar-refractivity contribution in [3.05, 3.63) is 29.8 Å². The van der Waals surface area contributed by atoms with Gasteiger partial charge in [0.25, 0.3) is 0 Å². The molecular weight excluding hydrogens is 268 g/mol. The van der Waals surface area contributed by atoms with Crippen molar-refractivity contribution < 1.29 is 14.7 Å². The van der Waals surface area contributed by atoms with Crippen molar-refractivity contribution in [1.29, 1.82) is 0 Å². The van der Waals surface area contributed by atoms with Crippen LogP contribution in [0, 0.1) is 5.92 Å². The van der Waals surface area contributed by atoms with E-state index >= 15 is 0 Å². The normalized spacial score (nSPS) is 17.0. The number of carboxylic acid groups (broad SMARTS) is 1. The lowest BCUT2D eigenvalue weighted by Gasteiger charge is -2.12. The van der Waals surface area contributed by atoms with Crippen molar-refractivity contribution in [3.8, 4) is 0 Å². The zero-order valence-corrected chi connectivity index (χ0v) is 12.3. The fourth-order valence-electron chi connectivity index (χ4n) is 2.34. The third-order valence-corrected chi connectivity index (χ3v) is 4.15. The minimum atomic E-state index is -0.768. The van der Waals surface area contributed by atoms with E-state index in [4.69, 9.17) is 5.73 Å². The van der Waals surface area contributed by atoms with Crippen molar-refractivity contribution in [3.63, 3.8) is 0 Å². The zero-order chi connectivity index (χ0) is 15.5. The third-order valence-electron chi connectivity index (χ3n) is 4.15. The first-order valence-electron chi connectivity index (χ1n) is 7.32. The van der Waals surface area contributed by atoms with Crippen LogP contribution in [0.3, 0.4) is 0 Å². The molecule has 0 saturated heterocycles. The molecule has 0 spiro atoms. The molecule has 1 aromatic rings. The van der Waals surface area contributed by atoms with E-state index in [2.05, 4.69) is 5.32 Å². The maximum atomic E-state index is 11.8. The number of benzene rings is 1. The molecule has 0 radical (unpaired) electrons. The SMILES string of the molecule is CC(CN)CCC(=O)Nc1ccc(C2(C(=O)O)CC2)cc1. The van der Waals surface area contributed by atoms with Crippen LogP contribution in [0.4, 0.5) is 5.69 Å². The third kappa shape index (κ3) is 3.61. The van der Waals surface area contributed by atoms with E-state index in [1.807, 2.05) is 6.92 Å². The molecule has 0 heterocycles. The van der Waals surface area contributed by atoms with Crippen molar-refractivity contribution in [2.24, 2.45) is 11.7 Å². The molecule has 5 heteroatoms. The van der Waals surface area contributed by atoms with Crippen molar-refractivity contribution >= 4 is 17.6 Å². The van der Waals surface area contributed by atoms with Crippen LogP contribution >= 0.6 is 0 Å². The Kier molecular flexibility index (Phi) is 4.63. The summed E-state index contributed by atoms with van der Waals surface area (Å²) in [6.45, 7) is 2.60. The van der Waals surface area contributed by atoms with E-state index in [0.29, 0.717) is 37.4 Å². The zero-order valence-electron chi connectivity index (χ0n) is 12.3. The lowest BCUT2D eigenvalue weighted by Crippen LogP contribution is -2.19. The number of anilines is 1. The molecule has 0 aliphatic heterocycles. The Bertz CT molecular complexity index is 521. The molecular formula is C16H22N2O3. The first kappa shape index (κ1) is 15.5. The number of nitrogens with two attached hydrogens (primary N) is 1. The summed E-state index contributed by atoms with van der Waals surface area (Å²) in [5.74, 6) is -0.471. The molecule has 0 aromatic heterocycles. The summed E-state index contributed by atoms with van der Waals surface area (Å²) >= 11 is 0. The minimum Gasteiger partial charge on any atom is -0.481 e. The van der Waals surface area contributed by atoms with Gasteiger partial charge in [0, 0.05) is 12.1 Å². The van der Waals surface area contributed by atoms with Crippen LogP contribution in [0.15, 0.2) is 24.3 Å². The summed E-state index contributed by atoms with van der Waals surface area (Å²) < 4.78 is 0. The number of carbonyl (C=O) groups excluding carboxylic acids is 1. The molecule has 1 aliphatic carbocycles. The second kappa shape index (κ2) is 6.26. The van der Waals surface area contributed by atoms with Gasteiger partial charge in [-0.05, 0) is 49.4 Å². The molecule has 5 nitrogen and oxygen atoms in total. The van der Waals surface area contributed by atoms with Crippen LogP contribution in [0.25, 0.3) is 0 Å². The first-order chi connectivity index (χ1) is 9.98. The van der Waals surface area contributed by atoms with Gasteiger partial charge >= 0.3 is 5.97 Å². The molecule has 1 aromatic carbocycles. The second-order valence-corrected chi connectivity index (χ2v) is 5.89. The van der Waals surface area contributed by atoms with Gasteiger partial charge in [0.1, 0.15) is 0 Å². The Hall–Kier alpha value is -1.88. The molecule has 4 N–H and O–H groups in total. The molecule has 1 aliphatic rings. The van der Waals surface area contributed by atoms with Gasteiger partial charge in [0.2, 0.25) is 5.91 Å². The number of nitrogens with one attached hydrogen (secondary N) is 1. The molecule has 1 saturated carbocycles. The molecule has 2 rings (SSSR count). The van der Waals surface area contributed by atoms with Gasteiger partial charge in [0.05, 0.1) is 5.41 Å². The van der Waals surface area contributed by atoms with Crippen LogP contribution in [-0.2, 0) is 15.0 Å². The minimum absolute atomic E-state index is 0.0394. The second-order valence-electron chi connectivity index (χ2n) is 5.89. The lowest BCUT2D eigenvalue weighted by molar-refractivity contribution is -0.140. The van der Waals surface area contributed by atoms with Gasteiger partial charge in [-0.2, -0.15) is 0 Å². The largest absolute Gasteiger partial charge is 0.481 e.